The standard InChI is InChI=1S/C14H21ClN2/c1-2-11-6-3-4-9-17(11)14-8-5-7-13(15)12(14)10-16/h5,7-8,11H,2-4,6,9-10,16H2,1H3. The van der Waals surface area contributed by atoms with Gasteiger partial charge in [-0.25, -0.2) is 0 Å². The van der Waals surface area contributed by atoms with E-state index in [0.29, 0.717) is 12.6 Å². The lowest BCUT2D eigenvalue weighted by Crippen LogP contribution is -2.39. The second-order valence-electron chi connectivity index (χ2n) is 4.69. The van der Waals surface area contributed by atoms with E-state index in [2.05, 4.69) is 17.9 Å². The fourth-order valence-electron chi connectivity index (χ4n) is 2.76. The summed E-state index contributed by atoms with van der Waals surface area (Å²) in [4.78, 5) is 2.50. The van der Waals surface area contributed by atoms with Crippen LogP contribution in [-0.2, 0) is 6.54 Å². The summed E-state index contributed by atoms with van der Waals surface area (Å²) in [7, 11) is 0. The molecule has 1 saturated heterocycles. The average Bonchev–Trinajstić information content (AvgIpc) is 2.38. The van der Waals surface area contributed by atoms with E-state index in [1.165, 1.54) is 31.4 Å². The number of benzene rings is 1. The minimum atomic E-state index is 0.516. The molecular weight excluding hydrogens is 232 g/mol. The van der Waals surface area contributed by atoms with Crippen LogP contribution < -0.4 is 10.6 Å². The number of nitrogens with zero attached hydrogens (tertiary/aromatic N) is 1. The molecule has 0 aliphatic carbocycles. The topological polar surface area (TPSA) is 29.3 Å². The van der Waals surface area contributed by atoms with Gasteiger partial charge in [0.1, 0.15) is 0 Å². The monoisotopic (exact) mass is 252 g/mol. The summed E-state index contributed by atoms with van der Waals surface area (Å²) in [6, 6.07) is 6.76. The largest absolute Gasteiger partial charge is 0.368 e. The lowest BCUT2D eigenvalue weighted by Gasteiger charge is -2.38. The van der Waals surface area contributed by atoms with Gasteiger partial charge in [0.25, 0.3) is 0 Å². The SMILES string of the molecule is CCC1CCCCN1c1cccc(Cl)c1CN. The summed E-state index contributed by atoms with van der Waals surface area (Å²) in [5.41, 5.74) is 8.17. The van der Waals surface area contributed by atoms with Crippen LogP contribution in [-0.4, -0.2) is 12.6 Å². The molecule has 2 N–H and O–H groups in total. The maximum absolute atomic E-state index is 6.23. The fourth-order valence-corrected chi connectivity index (χ4v) is 3.01. The molecule has 0 radical (unpaired) electrons. The van der Waals surface area contributed by atoms with Crippen LogP contribution in [0.1, 0.15) is 38.2 Å². The van der Waals surface area contributed by atoms with Crippen molar-refractivity contribution in [3.05, 3.63) is 28.8 Å². The molecule has 0 saturated carbocycles. The van der Waals surface area contributed by atoms with Gasteiger partial charge in [0, 0.05) is 35.4 Å². The van der Waals surface area contributed by atoms with Crippen molar-refractivity contribution in [2.24, 2.45) is 5.73 Å². The van der Waals surface area contributed by atoms with Gasteiger partial charge in [0.15, 0.2) is 0 Å². The third-order valence-electron chi connectivity index (χ3n) is 3.71. The molecule has 2 rings (SSSR count). The Balaban J connectivity index is 2.34. The van der Waals surface area contributed by atoms with E-state index in [1.807, 2.05) is 12.1 Å². The van der Waals surface area contributed by atoms with Gasteiger partial charge in [-0.15, -0.1) is 0 Å². The van der Waals surface area contributed by atoms with Crippen molar-refractivity contribution in [1.29, 1.82) is 0 Å². The fraction of sp³-hybridized carbons (Fsp3) is 0.571. The van der Waals surface area contributed by atoms with Gasteiger partial charge in [-0.3, -0.25) is 0 Å². The lowest BCUT2D eigenvalue weighted by atomic mass is 9.98. The first-order valence-corrected chi connectivity index (χ1v) is 6.89. The van der Waals surface area contributed by atoms with Crippen LogP contribution in [0.4, 0.5) is 5.69 Å². The number of halogens is 1. The van der Waals surface area contributed by atoms with Crippen molar-refractivity contribution >= 4 is 17.3 Å². The van der Waals surface area contributed by atoms with E-state index in [9.17, 15) is 0 Å². The number of nitrogens with two attached hydrogens (primary N) is 1. The Hall–Kier alpha value is -0.730. The molecule has 1 aromatic carbocycles. The summed E-state index contributed by atoms with van der Waals surface area (Å²) >= 11 is 6.23. The van der Waals surface area contributed by atoms with E-state index >= 15 is 0 Å². The van der Waals surface area contributed by atoms with Crippen molar-refractivity contribution in [2.75, 3.05) is 11.4 Å². The van der Waals surface area contributed by atoms with Gasteiger partial charge >= 0.3 is 0 Å². The normalized spacial score (nSPS) is 20.6. The summed E-state index contributed by atoms with van der Waals surface area (Å²) in [6.45, 7) is 3.91. The number of anilines is 1. The average molecular weight is 253 g/mol. The van der Waals surface area contributed by atoms with Gasteiger partial charge in [-0.2, -0.15) is 0 Å². The van der Waals surface area contributed by atoms with Crippen LogP contribution in [0.3, 0.4) is 0 Å². The Morgan fingerprint density at radius 3 is 2.94 bits per heavy atom. The van der Waals surface area contributed by atoms with Crippen molar-refractivity contribution in [2.45, 2.75) is 45.2 Å². The minimum Gasteiger partial charge on any atom is -0.368 e. The molecule has 0 aromatic heterocycles. The minimum absolute atomic E-state index is 0.516. The molecule has 94 valence electrons. The van der Waals surface area contributed by atoms with Gasteiger partial charge in [-0.05, 0) is 37.8 Å². The number of hydrogen-bond donors (Lipinski definition) is 1. The highest BCUT2D eigenvalue weighted by atomic mass is 35.5. The summed E-state index contributed by atoms with van der Waals surface area (Å²) in [5.74, 6) is 0. The second-order valence-corrected chi connectivity index (χ2v) is 5.10. The van der Waals surface area contributed by atoms with Crippen molar-refractivity contribution in [3.8, 4) is 0 Å². The van der Waals surface area contributed by atoms with Crippen LogP contribution in [0.15, 0.2) is 18.2 Å². The van der Waals surface area contributed by atoms with Crippen LogP contribution in [0.2, 0.25) is 5.02 Å². The van der Waals surface area contributed by atoms with Crippen molar-refractivity contribution < 1.29 is 0 Å². The second kappa shape index (κ2) is 5.74. The highest BCUT2D eigenvalue weighted by molar-refractivity contribution is 6.31. The predicted molar refractivity (Wildman–Crippen MR) is 74.6 cm³/mol. The number of piperidine rings is 1. The summed E-state index contributed by atoms with van der Waals surface area (Å²) < 4.78 is 0. The van der Waals surface area contributed by atoms with Gasteiger partial charge in [0.2, 0.25) is 0 Å². The van der Waals surface area contributed by atoms with E-state index in [4.69, 9.17) is 17.3 Å². The number of hydrogen-bond acceptors (Lipinski definition) is 2. The zero-order valence-electron chi connectivity index (χ0n) is 10.5. The van der Waals surface area contributed by atoms with Crippen molar-refractivity contribution in [3.63, 3.8) is 0 Å². The molecule has 0 bridgehead atoms. The van der Waals surface area contributed by atoms with Gasteiger partial charge in [0.05, 0.1) is 0 Å². The van der Waals surface area contributed by atoms with Gasteiger partial charge in [-0.1, -0.05) is 24.6 Å². The lowest BCUT2D eigenvalue weighted by molar-refractivity contribution is 0.449. The smallest absolute Gasteiger partial charge is 0.0471 e. The Kier molecular flexibility index (Phi) is 4.30. The Bertz CT molecular complexity index is 378. The van der Waals surface area contributed by atoms with E-state index in [0.717, 1.165) is 17.1 Å². The predicted octanol–water partition coefficient (Wildman–Crippen LogP) is 3.57. The Morgan fingerprint density at radius 1 is 1.41 bits per heavy atom. The molecule has 1 aromatic rings. The third-order valence-corrected chi connectivity index (χ3v) is 4.06. The molecule has 0 spiro atoms. The highest BCUT2D eigenvalue weighted by Crippen LogP contribution is 2.32. The van der Waals surface area contributed by atoms with E-state index in [1.54, 1.807) is 0 Å². The van der Waals surface area contributed by atoms with Crippen LogP contribution in [0.25, 0.3) is 0 Å². The van der Waals surface area contributed by atoms with Crippen LogP contribution in [0.5, 0.6) is 0 Å². The molecule has 2 nitrogen and oxygen atoms in total. The maximum atomic E-state index is 6.23. The molecule has 1 aliphatic heterocycles. The molecule has 17 heavy (non-hydrogen) atoms. The van der Waals surface area contributed by atoms with Crippen LogP contribution in [0, 0.1) is 0 Å². The quantitative estimate of drug-likeness (QED) is 0.891. The maximum Gasteiger partial charge on any atom is 0.0471 e. The first-order chi connectivity index (χ1) is 8.27. The van der Waals surface area contributed by atoms with E-state index in [-0.39, 0.29) is 0 Å². The van der Waals surface area contributed by atoms with Gasteiger partial charge < -0.3 is 10.6 Å². The molecular formula is C14H21ClN2. The Labute approximate surface area is 109 Å². The summed E-state index contributed by atoms with van der Waals surface area (Å²) in [5, 5.41) is 0.797. The van der Waals surface area contributed by atoms with Crippen LogP contribution >= 0.6 is 11.6 Å². The molecule has 1 atom stereocenters. The summed E-state index contributed by atoms with van der Waals surface area (Å²) in [6.07, 6.45) is 5.09. The zero-order chi connectivity index (χ0) is 12.3. The molecule has 3 heteroatoms. The first-order valence-electron chi connectivity index (χ1n) is 6.52. The first kappa shape index (κ1) is 12.7. The Morgan fingerprint density at radius 2 is 2.24 bits per heavy atom. The third kappa shape index (κ3) is 2.58. The molecule has 1 unspecified atom stereocenters. The zero-order valence-corrected chi connectivity index (χ0v) is 11.2. The molecule has 0 amide bonds. The molecule has 1 fully saturated rings. The number of rotatable bonds is 3. The molecule has 1 aliphatic rings. The highest BCUT2D eigenvalue weighted by Gasteiger charge is 2.23. The molecule has 1 heterocycles. The van der Waals surface area contributed by atoms with E-state index < -0.39 is 0 Å². The van der Waals surface area contributed by atoms with Crippen molar-refractivity contribution in [1.82, 2.24) is 0 Å².